The van der Waals surface area contributed by atoms with E-state index < -0.39 is 5.97 Å². The fourth-order valence-corrected chi connectivity index (χ4v) is 4.33. The Morgan fingerprint density at radius 3 is 2.71 bits per heavy atom. The molecule has 3 heteroatoms. The number of aliphatic carboxylic acids is 1. The standard InChI is InChI=1S/C25H29NO2/c1-5-24(26-6-2)23(20-9-7-8-16(3)17(20)4)15-18-10-12-21-19(14-18)11-13-22(21)25(27)28/h5-10,12,14,22-23H,11,13,15H2,1-4H3,(H,27,28)/b24-5-,26-6?. The molecular formula is C25H29NO2. The summed E-state index contributed by atoms with van der Waals surface area (Å²) in [4.78, 5) is 16.1. The molecule has 2 aromatic carbocycles. The Morgan fingerprint density at radius 1 is 1.25 bits per heavy atom. The normalized spacial score (nSPS) is 17.7. The Hall–Kier alpha value is -2.68. The van der Waals surface area contributed by atoms with Crippen molar-refractivity contribution in [2.24, 2.45) is 4.99 Å². The van der Waals surface area contributed by atoms with Gasteiger partial charge in [0.2, 0.25) is 0 Å². The van der Waals surface area contributed by atoms with Gasteiger partial charge in [-0.1, -0.05) is 42.5 Å². The van der Waals surface area contributed by atoms with Crippen LogP contribution in [0.25, 0.3) is 0 Å². The largest absolute Gasteiger partial charge is 0.481 e. The summed E-state index contributed by atoms with van der Waals surface area (Å²) in [6.07, 6.45) is 6.35. The van der Waals surface area contributed by atoms with Gasteiger partial charge in [0.25, 0.3) is 0 Å². The molecule has 146 valence electrons. The van der Waals surface area contributed by atoms with E-state index in [9.17, 15) is 9.90 Å². The van der Waals surface area contributed by atoms with Crippen LogP contribution < -0.4 is 0 Å². The first-order valence-corrected chi connectivity index (χ1v) is 10.0. The molecule has 0 heterocycles. The second-order valence-electron chi connectivity index (χ2n) is 7.61. The Morgan fingerprint density at radius 2 is 2.04 bits per heavy atom. The number of allylic oxidation sites excluding steroid dienone is 2. The Kier molecular flexibility index (Phi) is 6.13. The van der Waals surface area contributed by atoms with Crippen molar-refractivity contribution in [3.05, 3.63) is 81.6 Å². The molecule has 0 radical (unpaired) electrons. The first kappa shape index (κ1) is 20.1. The molecule has 0 aromatic heterocycles. The molecule has 2 aromatic rings. The van der Waals surface area contributed by atoms with Gasteiger partial charge in [0, 0.05) is 17.8 Å². The topological polar surface area (TPSA) is 49.7 Å². The van der Waals surface area contributed by atoms with E-state index >= 15 is 0 Å². The molecule has 0 bridgehead atoms. The highest BCUT2D eigenvalue weighted by molar-refractivity contribution is 5.77. The van der Waals surface area contributed by atoms with E-state index in [0.717, 1.165) is 24.1 Å². The van der Waals surface area contributed by atoms with Crippen molar-refractivity contribution in [3.8, 4) is 0 Å². The Balaban J connectivity index is 1.99. The van der Waals surface area contributed by atoms with Crippen LogP contribution in [0, 0.1) is 13.8 Å². The number of benzene rings is 2. The summed E-state index contributed by atoms with van der Waals surface area (Å²) in [6, 6.07) is 12.8. The maximum Gasteiger partial charge on any atom is 0.310 e. The first-order valence-electron chi connectivity index (χ1n) is 10.0. The number of hydrogen-bond acceptors (Lipinski definition) is 2. The second kappa shape index (κ2) is 8.55. The van der Waals surface area contributed by atoms with E-state index in [4.69, 9.17) is 0 Å². The van der Waals surface area contributed by atoms with E-state index in [2.05, 4.69) is 55.2 Å². The third-order valence-corrected chi connectivity index (χ3v) is 5.98. The molecule has 0 saturated heterocycles. The van der Waals surface area contributed by atoms with Crippen LogP contribution in [0.15, 0.2) is 53.2 Å². The van der Waals surface area contributed by atoms with Crippen LogP contribution in [0.2, 0.25) is 0 Å². The van der Waals surface area contributed by atoms with Crippen molar-refractivity contribution >= 4 is 12.2 Å². The fourth-order valence-electron chi connectivity index (χ4n) is 4.33. The molecular weight excluding hydrogens is 346 g/mol. The number of aryl methyl sites for hydroxylation is 2. The molecule has 2 unspecified atom stereocenters. The highest BCUT2D eigenvalue weighted by atomic mass is 16.4. The van der Waals surface area contributed by atoms with Gasteiger partial charge in [-0.15, -0.1) is 0 Å². The van der Waals surface area contributed by atoms with E-state index in [1.807, 2.05) is 26.1 Å². The molecule has 0 fully saturated rings. The number of carbonyl (C=O) groups is 1. The summed E-state index contributed by atoms with van der Waals surface area (Å²) < 4.78 is 0. The van der Waals surface area contributed by atoms with Gasteiger partial charge in [0.15, 0.2) is 0 Å². The molecule has 3 nitrogen and oxygen atoms in total. The number of nitrogens with zero attached hydrogens (tertiary/aromatic N) is 1. The lowest BCUT2D eigenvalue weighted by Crippen LogP contribution is -2.10. The quantitative estimate of drug-likeness (QED) is 0.655. The van der Waals surface area contributed by atoms with Gasteiger partial charge in [-0.3, -0.25) is 9.79 Å². The molecule has 1 N–H and O–H groups in total. The fraction of sp³-hybridized carbons (Fsp3) is 0.360. The maximum absolute atomic E-state index is 11.5. The average Bonchev–Trinajstić information content (AvgIpc) is 3.10. The van der Waals surface area contributed by atoms with Gasteiger partial charge in [-0.05, 0) is 80.3 Å². The molecule has 0 amide bonds. The second-order valence-corrected chi connectivity index (χ2v) is 7.61. The summed E-state index contributed by atoms with van der Waals surface area (Å²) in [5.74, 6) is -0.890. The smallest absolute Gasteiger partial charge is 0.310 e. The van der Waals surface area contributed by atoms with Crippen LogP contribution in [0.5, 0.6) is 0 Å². The number of carboxylic acids is 1. The SMILES string of the molecule is CC=N/C(=C\C)C(Cc1ccc2c(c1)CCC2C(=O)O)c1cccc(C)c1C. The van der Waals surface area contributed by atoms with Crippen molar-refractivity contribution in [3.63, 3.8) is 0 Å². The van der Waals surface area contributed by atoms with Crippen molar-refractivity contribution < 1.29 is 9.90 Å². The molecule has 0 aliphatic heterocycles. The van der Waals surface area contributed by atoms with Gasteiger partial charge < -0.3 is 5.11 Å². The number of rotatable bonds is 6. The summed E-state index contributed by atoms with van der Waals surface area (Å²) in [5.41, 5.74) is 8.38. The maximum atomic E-state index is 11.5. The van der Waals surface area contributed by atoms with Crippen LogP contribution in [0.4, 0.5) is 0 Å². The van der Waals surface area contributed by atoms with Crippen LogP contribution in [-0.2, 0) is 17.6 Å². The minimum atomic E-state index is -0.715. The highest BCUT2D eigenvalue weighted by Gasteiger charge is 2.29. The Labute approximate surface area is 167 Å². The van der Waals surface area contributed by atoms with Gasteiger partial charge in [0.05, 0.1) is 5.92 Å². The summed E-state index contributed by atoms with van der Waals surface area (Å²) in [5, 5.41) is 9.42. The van der Waals surface area contributed by atoms with Gasteiger partial charge in [-0.2, -0.15) is 0 Å². The molecule has 1 aliphatic carbocycles. The minimum Gasteiger partial charge on any atom is -0.481 e. The molecule has 0 spiro atoms. The van der Waals surface area contributed by atoms with Crippen molar-refractivity contribution in [1.82, 2.24) is 0 Å². The zero-order valence-corrected chi connectivity index (χ0v) is 17.2. The van der Waals surface area contributed by atoms with Crippen LogP contribution in [0.3, 0.4) is 0 Å². The molecule has 0 saturated carbocycles. The van der Waals surface area contributed by atoms with Crippen molar-refractivity contribution in [2.75, 3.05) is 0 Å². The van der Waals surface area contributed by atoms with E-state index in [1.165, 1.54) is 27.8 Å². The van der Waals surface area contributed by atoms with Crippen molar-refractivity contribution in [2.45, 2.75) is 58.8 Å². The third kappa shape index (κ3) is 3.94. The number of aliphatic imine (C=N–C) groups is 1. The van der Waals surface area contributed by atoms with Gasteiger partial charge in [0.1, 0.15) is 0 Å². The van der Waals surface area contributed by atoms with Crippen LogP contribution in [0.1, 0.15) is 65.5 Å². The highest BCUT2D eigenvalue weighted by Crippen LogP contribution is 2.37. The van der Waals surface area contributed by atoms with E-state index in [1.54, 1.807) is 0 Å². The van der Waals surface area contributed by atoms with Crippen molar-refractivity contribution in [1.29, 1.82) is 0 Å². The Bertz CT molecular complexity index is 940. The van der Waals surface area contributed by atoms with Crippen LogP contribution in [-0.4, -0.2) is 17.3 Å². The average molecular weight is 376 g/mol. The summed E-state index contributed by atoms with van der Waals surface area (Å²) in [6.45, 7) is 8.32. The number of carboxylic acid groups (broad SMARTS) is 1. The summed E-state index contributed by atoms with van der Waals surface area (Å²) >= 11 is 0. The van der Waals surface area contributed by atoms with E-state index in [-0.39, 0.29) is 11.8 Å². The lowest BCUT2D eigenvalue weighted by Gasteiger charge is -2.22. The lowest BCUT2D eigenvalue weighted by atomic mass is 9.84. The molecule has 3 rings (SSSR count). The number of hydrogen-bond donors (Lipinski definition) is 1. The molecule has 28 heavy (non-hydrogen) atoms. The molecule has 1 aliphatic rings. The zero-order valence-electron chi connectivity index (χ0n) is 17.2. The predicted molar refractivity (Wildman–Crippen MR) is 115 cm³/mol. The zero-order chi connectivity index (χ0) is 20.3. The van der Waals surface area contributed by atoms with E-state index in [0.29, 0.717) is 6.42 Å². The van der Waals surface area contributed by atoms with Gasteiger partial charge in [-0.25, -0.2) is 0 Å². The first-order chi connectivity index (χ1) is 13.5. The van der Waals surface area contributed by atoms with Gasteiger partial charge >= 0.3 is 5.97 Å². The molecule has 2 atom stereocenters. The summed E-state index contributed by atoms with van der Waals surface area (Å²) in [7, 11) is 0. The minimum absolute atomic E-state index is 0.177. The number of fused-ring (bicyclic) bond motifs is 1. The predicted octanol–water partition coefficient (Wildman–Crippen LogP) is 5.74. The third-order valence-electron chi connectivity index (χ3n) is 5.98. The lowest BCUT2D eigenvalue weighted by molar-refractivity contribution is -0.138. The van der Waals surface area contributed by atoms with Crippen LogP contribution >= 0.6 is 0 Å². The monoisotopic (exact) mass is 375 g/mol.